The number of sulfonamides is 1. The summed E-state index contributed by atoms with van der Waals surface area (Å²) < 4.78 is 23.7. The van der Waals surface area contributed by atoms with Crippen molar-refractivity contribution in [2.45, 2.75) is 11.3 Å². The largest absolute Gasteiger partial charge is 0.507 e. The molecule has 0 radical (unpaired) electrons. The van der Waals surface area contributed by atoms with E-state index in [2.05, 4.69) is 15.3 Å². The van der Waals surface area contributed by atoms with Crippen LogP contribution in [-0.4, -0.2) is 47.4 Å². The number of fused-ring (bicyclic) bond motifs is 1. The van der Waals surface area contributed by atoms with Crippen molar-refractivity contribution >= 4 is 32.8 Å². The molecule has 0 aliphatic carbocycles. The number of phenolic OH excluding ortho intramolecular Hbond substituents is 2. The Bertz CT molecular complexity index is 1610. The van der Waals surface area contributed by atoms with Crippen LogP contribution >= 0.6 is 0 Å². The molecule has 1 aromatic heterocycles. The van der Waals surface area contributed by atoms with Gasteiger partial charge in [-0.2, -0.15) is 0 Å². The molecule has 1 amide bonds. The van der Waals surface area contributed by atoms with Gasteiger partial charge in [-0.15, -0.1) is 0 Å². The Labute approximate surface area is 200 Å². The van der Waals surface area contributed by atoms with Crippen LogP contribution in [0.1, 0.15) is 11.1 Å². The number of rotatable bonds is 6. The summed E-state index contributed by atoms with van der Waals surface area (Å²) in [5.74, 6) is -0.776. The Morgan fingerprint density at radius 1 is 1.09 bits per heavy atom. The van der Waals surface area contributed by atoms with Crippen molar-refractivity contribution in [3.05, 3.63) is 59.7 Å². The van der Waals surface area contributed by atoms with Crippen LogP contribution in [0.25, 0.3) is 33.5 Å². The normalized spacial score (nSPS) is 11.5. The van der Waals surface area contributed by atoms with Crippen LogP contribution in [0.2, 0.25) is 0 Å². The average molecular weight is 495 g/mol. The minimum absolute atomic E-state index is 0.00371. The maximum Gasteiger partial charge on any atom is 0.238 e. The van der Waals surface area contributed by atoms with Gasteiger partial charge >= 0.3 is 0 Å². The Morgan fingerprint density at radius 2 is 1.80 bits per heavy atom. The lowest BCUT2D eigenvalue weighted by atomic mass is 9.95. The van der Waals surface area contributed by atoms with Gasteiger partial charge in [-0.25, -0.2) is 18.5 Å². The highest BCUT2D eigenvalue weighted by Gasteiger charge is 2.21. The molecule has 0 aliphatic rings. The van der Waals surface area contributed by atoms with Crippen molar-refractivity contribution in [3.63, 3.8) is 0 Å². The van der Waals surface area contributed by atoms with Gasteiger partial charge < -0.3 is 26.2 Å². The molecule has 4 aromatic rings. The minimum atomic E-state index is -4.09. The van der Waals surface area contributed by atoms with Gasteiger partial charge in [-0.05, 0) is 54.1 Å². The smallest absolute Gasteiger partial charge is 0.238 e. The number of aromatic hydroxyl groups is 2. The van der Waals surface area contributed by atoms with Crippen molar-refractivity contribution in [2.24, 2.45) is 10.9 Å². The molecule has 0 unspecified atom stereocenters. The molecule has 0 fully saturated rings. The first kappa shape index (κ1) is 23.7. The van der Waals surface area contributed by atoms with Crippen molar-refractivity contribution in [2.75, 3.05) is 7.05 Å². The monoisotopic (exact) mass is 494 g/mol. The molecule has 1 heterocycles. The van der Waals surface area contributed by atoms with Gasteiger partial charge in [-0.3, -0.25) is 10.2 Å². The number of nitrogen functional groups attached to an aromatic ring is 1. The van der Waals surface area contributed by atoms with Gasteiger partial charge in [0, 0.05) is 23.7 Å². The van der Waals surface area contributed by atoms with E-state index in [1.807, 2.05) is 0 Å². The zero-order valence-electron chi connectivity index (χ0n) is 18.5. The summed E-state index contributed by atoms with van der Waals surface area (Å²) in [5, 5.41) is 37.1. The standard InChI is InChI=1S/C23H22N6O5S/c1-27-20(31)8-11-6-15(14-10-13(35(26,33)34)3-5-19(14)30)21(32)16(7-11)23-28-17-4-2-12(22(24)25)9-18(17)29-23/h2-7,9-10,30,32H,8H2,1H3,(H3,24,25)(H,27,31)(H,28,29)(H2,26,33,34). The molecular weight excluding hydrogens is 472 g/mol. The Balaban J connectivity index is 1.96. The fourth-order valence-electron chi connectivity index (χ4n) is 3.67. The number of amides is 1. The maximum atomic E-state index is 12.1. The zero-order chi connectivity index (χ0) is 25.5. The molecule has 0 saturated carbocycles. The van der Waals surface area contributed by atoms with E-state index in [0.29, 0.717) is 22.2 Å². The number of aromatic amines is 1. The molecule has 0 aliphatic heterocycles. The second kappa shape index (κ2) is 8.74. The number of aromatic nitrogens is 2. The molecule has 9 N–H and O–H groups in total. The number of H-pyrrole nitrogens is 1. The fourth-order valence-corrected chi connectivity index (χ4v) is 4.21. The second-order valence-electron chi connectivity index (χ2n) is 7.84. The number of carbonyl (C=O) groups excluding carboxylic acids is 1. The summed E-state index contributed by atoms with van der Waals surface area (Å²) in [7, 11) is -2.61. The molecular formula is C23H22N6O5S. The van der Waals surface area contributed by atoms with Crippen molar-refractivity contribution in [1.82, 2.24) is 15.3 Å². The van der Waals surface area contributed by atoms with Gasteiger partial charge in [0.1, 0.15) is 23.2 Å². The summed E-state index contributed by atoms with van der Waals surface area (Å²) in [4.78, 5) is 19.4. The van der Waals surface area contributed by atoms with Crippen molar-refractivity contribution in [3.8, 4) is 34.0 Å². The number of nitrogens with one attached hydrogen (secondary N) is 3. The van der Waals surface area contributed by atoms with Crippen LogP contribution < -0.4 is 16.2 Å². The molecule has 0 atom stereocenters. The lowest BCUT2D eigenvalue weighted by Crippen LogP contribution is -2.20. The highest BCUT2D eigenvalue weighted by Crippen LogP contribution is 2.42. The van der Waals surface area contributed by atoms with Crippen LogP contribution in [-0.2, 0) is 21.2 Å². The minimum Gasteiger partial charge on any atom is -0.507 e. The summed E-state index contributed by atoms with van der Waals surface area (Å²) in [5.41, 5.74) is 7.91. The van der Waals surface area contributed by atoms with E-state index in [0.717, 1.165) is 18.2 Å². The molecule has 4 rings (SSSR count). The SMILES string of the molecule is CNC(=O)Cc1cc(-c2nc3ccc(C(=N)N)cc3[nH]2)c(O)c(-c2cc(S(N)(=O)=O)ccc2O)c1. The van der Waals surface area contributed by atoms with Gasteiger partial charge in [0.05, 0.1) is 27.9 Å². The molecule has 0 spiro atoms. The topological polar surface area (TPSA) is 208 Å². The third-order valence-electron chi connectivity index (χ3n) is 5.45. The first-order valence-electron chi connectivity index (χ1n) is 10.2. The summed E-state index contributed by atoms with van der Waals surface area (Å²) in [6.07, 6.45) is -0.0544. The highest BCUT2D eigenvalue weighted by atomic mass is 32.2. The van der Waals surface area contributed by atoms with Crippen molar-refractivity contribution in [1.29, 1.82) is 5.41 Å². The second-order valence-corrected chi connectivity index (χ2v) is 9.41. The van der Waals surface area contributed by atoms with Gasteiger partial charge in [-0.1, -0.05) is 0 Å². The number of nitrogens with zero attached hydrogens (tertiary/aromatic N) is 1. The molecule has 0 bridgehead atoms. The molecule has 0 saturated heterocycles. The predicted molar refractivity (Wildman–Crippen MR) is 130 cm³/mol. The third kappa shape index (κ3) is 4.65. The van der Waals surface area contributed by atoms with E-state index in [4.69, 9.17) is 16.3 Å². The van der Waals surface area contributed by atoms with Crippen molar-refractivity contribution < 1.29 is 23.4 Å². The van der Waals surface area contributed by atoms with Crippen LogP contribution in [0.5, 0.6) is 11.5 Å². The lowest BCUT2D eigenvalue weighted by molar-refractivity contribution is -0.119. The fraction of sp³-hybridized carbons (Fsp3) is 0.0870. The number of phenols is 2. The first-order valence-corrected chi connectivity index (χ1v) is 11.8. The molecule has 35 heavy (non-hydrogen) atoms. The number of amidine groups is 1. The number of carbonyl (C=O) groups is 1. The van der Waals surface area contributed by atoms with E-state index < -0.39 is 10.0 Å². The number of hydrogen-bond acceptors (Lipinski definition) is 7. The zero-order valence-corrected chi connectivity index (χ0v) is 19.3. The number of primary sulfonamides is 1. The Morgan fingerprint density at radius 3 is 2.46 bits per heavy atom. The summed E-state index contributed by atoms with van der Waals surface area (Å²) in [6.45, 7) is 0. The van der Waals surface area contributed by atoms with E-state index in [1.165, 1.54) is 13.1 Å². The lowest BCUT2D eigenvalue weighted by Gasteiger charge is -2.14. The summed E-state index contributed by atoms with van der Waals surface area (Å²) >= 11 is 0. The van der Waals surface area contributed by atoms with Gasteiger partial charge in [0.25, 0.3) is 0 Å². The predicted octanol–water partition coefficient (Wildman–Crippen LogP) is 1.53. The number of likely N-dealkylation sites (N-methyl/N-ethyl adjacent to an activating group) is 1. The first-order chi connectivity index (χ1) is 16.5. The van der Waals surface area contributed by atoms with E-state index in [1.54, 1.807) is 24.3 Å². The summed E-state index contributed by atoms with van der Waals surface area (Å²) in [6, 6.07) is 11.4. The Kier molecular flexibility index (Phi) is 5.92. The van der Waals surface area contributed by atoms with Gasteiger partial charge in [0.2, 0.25) is 15.9 Å². The van der Waals surface area contributed by atoms with Gasteiger partial charge in [0.15, 0.2) is 0 Å². The van der Waals surface area contributed by atoms with E-state index >= 15 is 0 Å². The van der Waals surface area contributed by atoms with Crippen LogP contribution in [0.3, 0.4) is 0 Å². The highest BCUT2D eigenvalue weighted by molar-refractivity contribution is 7.89. The quantitative estimate of drug-likeness (QED) is 0.155. The molecule has 3 aromatic carbocycles. The molecule has 11 nitrogen and oxygen atoms in total. The number of hydrogen-bond donors (Lipinski definition) is 7. The average Bonchev–Trinajstić information content (AvgIpc) is 3.22. The van der Waals surface area contributed by atoms with Crippen LogP contribution in [0.4, 0.5) is 0 Å². The number of imidazole rings is 1. The molecule has 180 valence electrons. The Hall–Kier alpha value is -4.42. The van der Waals surface area contributed by atoms with Crippen LogP contribution in [0.15, 0.2) is 53.4 Å². The molecule has 12 heteroatoms. The third-order valence-corrected chi connectivity index (χ3v) is 6.36. The van der Waals surface area contributed by atoms with E-state index in [9.17, 15) is 23.4 Å². The van der Waals surface area contributed by atoms with E-state index in [-0.39, 0.29) is 57.1 Å². The maximum absolute atomic E-state index is 12.1. The van der Waals surface area contributed by atoms with Crippen LogP contribution in [0, 0.1) is 5.41 Å². The number of benzene rings is 3. The number of nitrogens with two attached hydrogens (primary N) is 2.